The Morgan fingerprint density at radius 3 is 2.28 bits per heavy atom. The molecule has 6 nitrogen and oxygen atoms in total. The summed E-state index contributed by atoms with van der Waals surface area (Å²) in [4.78, 5) is 31.7. The fourth-order valence-electron chi connectivity index (χ4n) is 5.25. The monoisotopic (exact) mass is 584 g/mol. The van der Waals surface area contributed by atoms with Crippen molar-refractivity contribution in [1.29, 1.82) is 0 Å². The van der Waals surface area contributed by atoms with Gasteiger partial charge < -0.3 is 20.4 Å². The van der Waals surface area contributed by atoms with Crippen molar-refractivity contribution in [3.05, 3.63) is 63.1 Å². The average molecular weight is 585 g/mol. The molecule has 2 N–H and O–H groups in total. The molecule has 2 aliphatic heterocycles. The summed E-state index contributed by atoms with van der Waals surface area (Å²) in [5, 5.41) is 0.924. The lowest BCUT2D eigenvalue weighted by atomic mass is 9.93. The number of hydrogen-bond donors (Lipinski definition) is 1. The van der Waals surface area contributed by atoms with Crippen LogP contribution in [0, 0.1) is 5.92 Å². The molecule has 4 rings (SSSR count). The lowest BCUT2D eigenvalue weighted by Crippen LogP contribution is -2.56. The van der Waals surface area contributed by atoms with Gasteiger partial charge in [0.15, 0.2) is 0 Å². The zero-order valence-corrected chi connectivity index (χ0v) is 23.5. The number of nitrogens with two attached hydrogens (primary N) is 1. The van der Waals surface area contributed by atoms with Gasteiger partial charge in [-0.3, -0.25) is 9.59 Å². The lowest BCUT2D eigenvalue weighted by Gasteiger charge is -2.40. The van der Waals surface area contributed by atoms with Gasteiger partial charge >= 0.3 is 6.18 Å². The van der Waals surface area contributed by atoms with Crippen molar-refractivity contribution < 1.29 is 22.8 Å². The first-order valence-electron chi connectivity index (χ1n) is 13.1. The molecule has 2 atom stereocenters. The summed E-state index contributed by atoms with van der Waals surface area (Å²) >= 11 is 12.4. The fourth-order valence-corrected chi connectivity index (χ4v) is 5.73. The maximum absolute atomic E-state index is 13.8. The van der Waals surface area contributed by atoms with E-state index in [4.69, 9.17) is 28.9 Å². The van der Waals surface area contributed by atoms with Crippen LogP contribution in [0.3, 0.4) is 0 Å². The molecule has 2 aliphatic rings. The number of halogens is 5. The number of carbonyl (C=O) groups is 2. The van der Waals surface area contributed by atoms with E-state index >= 15 is 0 Å². The van der Waals surface area contributed by atoms with Crippen molar-refractivity contribution >= 4 is 40.7 Å². The van der Waals surface area contributed by atoms with Crippen LogP contribution >= 0.6 is 23.2 Å². The van der Waals surface area contributed by atoms with Crippen molar-refractivity contribution in [3.8, 4) is 0 Å². The molecule has 0 spiro atoms. The Labute approximate surface area is 236 Å². The van der Waals surface area contributed by atoms with Crippen LogP contribution in [-0.4, -0.2) is 60.4 Å². The summed E-state index contributed by atoms with van der Waals surface area (Å²) in [6.07, 6.45) is -3.10. The van der Waals surface area contributed by atoms with Crippen LogP contribution in [0.5, 0.6) is 0 Å². The van der Waals surface area contributed by atoms with E-state index in [1.807, 2.05) is 18.7 Å². The highest BCUT2D eigenvalue weighted by atomic mass is 35.5. The molecule has 2 fully saturated rings. The van der Waals surface area contributed by atoms with Gasteiger partial charge in [-0.2, -0.15) is 13.2 Å². The van der Waals surface area contributed by atoms with E-state index in [-0.39, 0.29) is 24.2 Å². The molecule has 2 saturated heterocycles. The molecule has 2 aromatic rings. The summed E-state index contributed by atoms with van der Waals surface area (Å²) in [5.41, 5.74) is 7.43. The molecule has 39 heavy (non-hydrogen) atoms. The third kappa shape index (κ3) is 6.64. The SMILES string of the molecule is CC(C)[C@H](N)c1cc(C(F)(F)F)ccc1N1CCN(C(=O)[C@@H](Cc2ccc(Cl)cc2Cl)N2CCCC2=O)CC1. The van der Waals surface area contributed by atoms with Gasteiger partial charge in [-0.25, -0.2) is 0 Å². The Balaban J connectivity index is 1.53. The van der Waals surface area contributed by atoms with E-state index in [0.717, 1.165) is 17.7 Å². The number of anilines is 1. The van der Waals surface area contributed by atoms with Crippen molar-refractivity contribution in [1.82, 2.24) is 9.80 Å². The predicted octanol–water partition coefficient (Wildman–Crippen LogP) is 5.55. The highest BCUT2D eigenvalue weighted by Gasteiger charge is 2.37. The number of benzene rings is 2. The highest BCUT2D eigenvalue weighted by Crippen LogP contribution is 2.37. The fraction of sp³-hybridized carbons (Fsp3) is 0.500. The molecule has 0 aromatic heterocycles. The second-order valence-corrected chi connectivity index (χ2v) is 11.3. The van der Waals surface area contributed by atoms with Crippen molar-refractivity contribution in [2.45, 2.75) is 51.4 Å². The third-order valence-corrected chi connectivity index (χ3v) is 8.15. The van der Waals surface area contributed by atoms with Gasteiger partial charge in [0.2, 0.25) is 11.8 Å². The molecular weight excluding hydrogens is 552 g/mol. The van der Waals surface area contributed by atoms with Gasteiger partial charge in [0.25, 0.3) is 0 Å². The highest BCUT2D eigenvalue weighted by molar-refractivity contribution is 6.35. The number of amides is 2. The van der Waals surface area contributed by atoms with Crippen LogP contribution < -0.4 is 10.6 Å². The maximum atomic E-state index is 13.8. The Morgan fingerprint density at radius 2 is 1.72 bits per heavy atom. The van der Waals surface area contributed by atoms with Crippen molar-refractivity contribution in [2.24, 2.45) is 11.7 Å². The van der Waals surface area contributed by atoms with Crippen LogP contribution in [0.4, 0.5) is 18.9 Å². The van der Waals surface area contributed by atoms with Crippen molar-refractivity contribution in [2.75, 3.05) is 37.6 Å². The molecule has 0 bridgehead atoms. The van der Waals surface area contributed by atoms with Crippen LogP contribution in [0.15, 0.2) is 36.4 Å². The number of carbonyl (C=O) groups excluding carboxylic acids is 2. The number of likely N-dealkylation sites (tertiary alicyclic amines) is 1. The van der Waals surface area contributed by atoms with Crippen LogP contribution in [-0.2, 0) is 22.2 Å². The van der Waals surface area contributed by atoms with Gasteiger partial charge in [-0.15, -0.1) is 0 Å². The van der Waals surface area contributed by atoms with E-state index < -0.39 is 23.8 Å². The number of nitrogens with zero attached hydrogens (tertiary/aromatic N) is 3. The minimum Gasteiger partial charge on any atom is -0.368 e. The zero-order chi connectivity index (χ0) is 28.5. The van der Waals surface area contributed by atoms with Crippen LogP contribution in [0.2, 0.25) is 10.0 Å². The van der Waals surface area contributed by atoms with E-state index in [1.54, 1.807) is 28.0 Å². The van der Waals surface area contributed by atoms with Gasteiger partial charge in [-0.05, 0) is 53.8 Å². The smallest absolute Gasteiger partial charge is 0.368 e. The molecule has 0 radical (unpaired) electrons. The minimum absolute atomic E-state index is 0.0610. The van der Waals surface area contributed by atoms with E-state index in [0.29, 0.717) is 66.9 Å². The largest absolute Gasteiger partial charge is 0.416 e. The molecule has 11 heteroatoms. The Morgan fingerprint density at radius 1 is 1.03 bits per heavy atom. The lowest BCUT2D eigenvalue weighted by molar-refractivity contribution is -0.143. The summed E-state index contributed by atoms with van der Waals surface area (Å²) < 4.78 is 40.3. The van der Waals surface area contributed by atoms with E-state index in [1.165, 1.54) is 6.07 Å². The molecule has 2 amide bonds. The van der Waals surface area contributed by atoms with Gasteiger partial charge in [0.05, 0.1) is 5.56 Å². The zero-order valence-electron chi connectivity index (χ0n) is 22.0. The molecule has 0 aliphatic carbocycles. The Bertz CT molecular complexity index is 1220. The van der Waals surface area contributed by atoms with Gasteiger partial charge in [0, 0.05) is 67.3 Å². The maximum Gasteiger partial charge on any atom is 0.416 e. The number of piperazine rings is 1. The first-order chi connectivity index (χ1) is 18.4. The van der Waals surface area contributed by atoms with E-state index in [2.05, 4.69) is 0 Å². The summed E-state index contributed by atoms with van der Waals surface area (Å²) in [7, 11) is 0. The normalized spacial score (nSPS) is 18.2. The Hall–Kier alpha value is -2.49. The summed E-state index contributed by atoms with van der Waals surface area (Å²) in [6, 6.07) is 7.53. The molecule has 2 heterocycles. The molecular formula is C28H33Cl2F3N4O2. The first-order valence-corrected chi connectivity index (χ1v) is 13.9. The summed E-state index contributed by atoms with van der Waals surface area (Å²) in [6.45, 7) is 5.83. The molecule has 212 valence electrons. The molecule has 0 saturated carbocycles. The van der Waals surface area contributed by atoms with Crippen molar-refractivity contribution in [3.63, 3.8) is 0 Å². The van der Waals surface area contributed by atoms with E-state index in [9.17, 15) is 22.8 Å². The topological polar surface area (TPSA) is 69.9 Å². The molecule has 2 aromatic carbocycles. The predicted molar refractivity (Wildman–Crippen MR) is 147 cm³/mol. The second kappa shape index (κ2) is 11.9. The number of hydrogen-bond acceptors (Lipinski definition) is 4. The second-order valence-electron chi connectivity index (χ2n) is 10.5. The van der Waals surface area contributed by atoms with Crippen LogP contribution in [0.25, 0.3) is 0 Å². The average Bonchev–Trinajstić information content (AvgIpc) is 3.32. The number of rotatable bonds is 7. The van der Waals surface area contributed by atoms with Gasteiger partial charge in [0.1, 0.15) is 6.04 Å². The number of alkyl halides is 3. The quantitative estimate of drug-likeness (QED) is 0.463. The Kier molecular flexibility index (Phi) is 9.03. The summed E-state index contributed by atoms with van der Waals surface area (Å²) in [5.74, 6) is -0.287. The molecule has 0 unspecified atom stereocenters. The first kappa shape index (κ1) is 29.5. The minimum atomic E-state index is -4.47. The van der Waals surface area contributed by atoms with Gasteiger partial charge in [-0.1, -0.05) is 43.1 Å². The standard InChI is InChI=1S/C28H33Cl2F3N4O2/c1-17(2)26(34)21-15-19(28(31,32)33)6-8-23(21)35-10-12-36(13-11-35)27(39)24(37-9-3-4-25(37)38)14-18-5-7-20(29)16-22(18)30/h5-8,15-17,24,26H,3-4,9-14,34H2,1-2H3/t24-,26+/m1/s1. The van der Waals surface area contributed by atoms with Crippen LogP contribution in [0.1, 0.15) is 49.4 Å². The third-order valence-electron chi connectivity index (χ3n) is 7.56.